The summed E-state index contributed by atoms with van der Waals surface area (Å²) in [5.41, 5.74) is 10.3. The zero-order valence-corrected chi connectivity index (χ0v) is 21.3. The molecule has 2 bridgehead atoms. The quantitative estimate of drug-likeness (QED) is 0.125. The maximum atomic E-state index is 12.9. The van der Waals surface area contributed by atoms with Crippen LogP contribution in [0.5, 0.6) is 0 Å². The van der Waals surface area contributed by atoms with Gasteiger partial charge in [0.15, 0.2) is 0 Å². The first kappa shape index (κ1) is 24.4. The molecule has 3 saturated carbocycles. The zero-order chi connectivity index (χ0) is 24.3. The Morgan fingerprint density at radius 2 is 2.06 bits per heavy atom. The van der Waals surface area contributed by atoms with Crippen molar-refractivity contribution in [2.45, 2.75) is 90.3 Å². The Labute approximate surface area is 201 Å². The standard InChI is InChI=1S/C24H33BClN3O4/c1-13-14(8-9-16(28-29-27)20(13)21(30)31-22(2,3)4)10-19(26)25-32-18-12-15-11-17(23(15,5)6)24(18,7)33-25/h8-9,15,17-19H,10-12H2,1-7H3/t15?,17?,18?,19-,24+/m1/s1. The number of benzene rings is 1. The number of hydrogen-bond acceptors (Lipinski definition) is 5. The van der Waals surface area contributed by atoms with Crippen LogP contribution in [0.3, 0.4) is 0 Å². The van der Waals surface area contributed by atoms with E-state index in [-0.39, 0.29) is 28.4 Å². The van der Waals surface area contributed by atoms with Gasteiger partial charge >= 0.3 is 13.1 Å². The predicted octanol–water partition coefficient (Wildman–Crippen LogP) is 6.31. The highest BCUT2D eigenvalue weighted by Crippen LogP contribution is 2.65. The van der Waals surface area contributed by atoms with E-state index in [4.69, 9.17) is 31.2 Å². The fraction of sp³-hybridized carbons (Fsp3) is 0.708. The molecule has 9 heteroatoms. The van der Waals surface area contributed by atoms with Crippen molar-refractivity contribution in [2.75, 3.05) is 0 Å². The van der Waals surface area contributed by atoms with Gasteiger partial charge < -0.3 is 14.0 Å². The maximum absolute atomic E-state index is 12.9. The lowest BCUT2D eigenvalue weighted by molar-refractivity contribution is -0.199. The Morgan fingerprint density at radius 1 is 1.36 bits per heavy atom. The summed E-state index contributed by atoms with van der Waals surface area (Å²) in [5, 5.41) is 3.27. The van der Waals surface area contributed by atoms with E-state index in [1.807, 2.05) is 13.0 Å². The molecule has 1 aliphatic heterocycles. The van der Waals surface area contributed by atoms with Gasteiger partial charge in [-0.15, -0.1) is 11.6 Å². The molecule has 0 radical (unpaired) electrons. The summed E-state index contributed by atoms with van der Waals surface area (Å²) in [6.07, 6.45) is 2.70. The van der Waals surface area contributed by atoms with Crippen molar-refractivity contribution in [3.05, 3.63) is 39.3 Å². The monoisotopic (exact) mass is 473 g/mol. The topological polar surface area (TPSA) is 93.5 Å². The number of carbonyl (C=O) groups excluding carboxylic acids is 1. The van der Waals surface area contributed by atoms with E-state index in [0.717, 1.165) is 12.0 Å². The molecule has 1 saturated heterocycles. The van der Waals surface area contributed by atoms with Gasteiger partial charge in [0.2, 0.25) is 0 Å². The molecular formula is C24H33BClN3O4. The number of carbonyl (C=O) groups is 1. The first-order chi connectivity index (χ1) is 15.3. The number of azide groups is 1. The Balaban J connectivity index is 1.55. The molecule has 3 aliphatic carbocycles. The fourth-order valence-electron chi connectivity index (χ4n) is 6.04. The second-order valence-electron chi connectivity index (χ2n) is 11.5. The van der Waals surface area contributed by atoms with E-state index in [2.05, 4.69) is 30.8 Å². The summed E-state index contributed by atoms with van der Waals surface area (Å²) >= 11 is 6.84. The van der Waals surface area contributed by atoms with Crippen molar-refractivity contribution in [1.29, 1.82) is 0 Å². The molecule has 33 heavy (non-hydrogen) atoms. The van der Waals surface area contributed by atoms with Crippen LogP contribution in [-0.2, 0) is 20.5 Å². The molecule has 0 aromatic heterocycles. The minimum Gasteiger partial charge on any atom is -0.456 e. The molecule has 178 valence electrons. The summed E-state index contributed by atoms with van der Waals surface area (Å²) in [4.78, 5) is 15.8. The molecule has 4 aliphatic rings. The van der Waals surface area contributed by atoms with Crippen molar-refractivity contribution in [2.24, 2.45) is 22.4 Å². The van der Waals surface area contributed by atoms with E-state index < -0.39 is 24.0 Å². The van der Waals surface area contributed by atoms with Crippen molar-refractivity contribution >= 4 is 30.4 Å². The summed E-state index contributed by atoms with van der Waals surface area (Å²) in [7, 11) is -0.516. The van der Waals surface area contributed by atoms with E-state index in [1.165, 1.54) is 6.42 Å². The van der Waals surface area contributed by atoms with Crippen LogP contribution in [0.4, 0.5) is 5.69 Å². The Morgan fingerprint density at radius 3 is 2.67 bits per heavy atom. The summed E-state index contributed by atoms with van der Waals surface area (Å²) in [5.74, 6) is 0.610. The van der Waals surface area contributed by atoms with E-state index in [0.29, 0.717) is 23.8 Å². The molecule has 1 aromatic rings. The summed E-state index contributed by atoms with van der Waals surface area (Å²) < 4.78 is 18.4. The van der Waals surface area contributed by atoms with Crippen LogP contribution in [0.2, 0.25) is 0 Å². The van der Waals surface area contributed by atoms with Gasteiger partial charge in [-0.05, 0) is 87.8 Å². The number of nitrogens with zero attached hydrogens (tertiary/aromatic N) is 3. The lowest BCUT2D eigenvalue weighted by Crippen LogP contribution is -2.65. The van der Waals surface area contributed by atoms with Gasteiger partial charge in [0.05, 0.1) is 28.2 Å². The fourth-order valence-corrected chi connectivity index (χ4v) is 6.32. The average molecular weight is 474 g/mol. The Kier molecular flexibility index (Phi) is 6.06. The Hall–Kier alpha value is -1.73. The third-order valence-corrected chi connectivity index (χ3v) is 8.35. The predicted molar refractivity (Wildman–Crippen MR) is 129 cm³/mol. The normalized spacial score (nSPS) is 30.7. The highest BCUT2D eigenvalue weighted by atomic mass is 35.5. The molecule has 4 fully saturated rings. The van der Waals surface area contributed by atoms with Crippen LogP contribution < -0.4 is 0 Å². The van der Waals surface area contributed by atoms with Crippen LogP contribution in [0.1, 0.15) is 75.9 Å². The second kappa shape index (κ2) is 8.19. The maximum Gasteiger partial charge on any atom is 0.477 e. The van der Waals surface area contributed by atoms with Gasteiger partial charge in [-0.2, -0.15) is 0 Å². The third-order valence-electron chi connectivity index (χ3n) is 7.99. The largest absolute Gasteiger partial charge is 0.477 e. The van der Waals surface area contributed by atoms with Crippen LogP contribution in [0.25, 0.3) is 10.4 Å². The molecule has 0 spiro atoms. The Bertz CT molecular complexity index is 1020. The SMILES string of the molecule is Cc1c(C[C@@H](Cl)B2OC3CC4CC(C4(C)C)[C@]3(C)O2)ccc(N=[N+]=[N-])c1C(=O)OC(C)(C)C. The van der Waals surface area contributed by atoms with Crippen molar-refractivity contribution < 1.29 is 18.8 Å². The van der Waals surface area contributed by atoms with Crippen LogP contribution in [-0.4, -0.2) is 35.7 Å². The molecule has 5 rings (SSSR count). The van der Waals surface area contributed by atoms with Crippen LogP contribution in [0.15, 0.2) is 17.2 Å². The molecule has 5 atom stereocenters. The molecule has 0 amide bonds. The van der Waals surface area contributed by atoms with Gasteiger partial charge in [-0.1, -0.05) is 31.1 Å². The average Bonchev–Trinajstić information content (AvgIpc) is 3.06. The van der Waals surface area contributed by atoms with Gasteiger partial charge in [-0.3, -0.25) is 0 Å². The van der Waals surface area contributed by atoms with Gasteiger partial charge in [0.25, 0.3) is 0 Å². The minimum atomic E-state index is -0.673. The highest BCUT2D eigenvalue weighted by molar-refractivity contribution is 6.60. The highest BCUT2D eigenvalue weighted by Gasteiger charge is 2.68. The van der Waals surface area contributed by atoms with Gasteiger partial charge in [0.1, 0.15) is 5.60 Å². The first-order valence-corrected chi connectivity index (χ1v) is 12.1. The van der Waals surface area contributed by atoms with Crippen molar-refractivity contribution in [1.82, 2.24) is 0 Å². The first-order valence-electron chi connectivity index (χ1n) is 11.7. The summed E-state index contributed by atoms with van der Waals surface area (Å²) in [6.45, 7) is 14.0. The second-order valence-corrected chi connectivity index (χ2v) is 12.1. The van der Waals surface area contributed by atoms with Crippen LogP contribution in [0, 0.1) is 24.2 Å². The number of rotatable bonds is 5. The molecule has 7 nitrogen and oxygen atoms in total. The van der Waals surface area contributed by atoms with E-state index >= 15 is 0 Å². The number of esters is 1. The minimum absolute atomic E-state index is 0.0614. The smallest absolute Gasteiger partial charge is 0.456 e. The lowest BCUT2D eigenvalue weighted by Gasteiger charge is -2.64. The van der Waals surface area contributed by atoms with E-state index in [9.17, 15) is 4.79 Å². The van der Waals surface area contributed by atoms with Crippen LogP contribution >= 0.6 is 11.6 Å². The number of hydrogen-bond donors (Lipinski definition) is 0. The van der Waals surface area contributed by atoms with Gasteiger partial charge in [-0.25, -0.2) is 4.79 Å². The van der Waals surface area contributed by atoms with Crippen molar-refractivity contribution in [3.8, 4) is 0 Å². The van der Waals surface area contributed by atoms with Gasteiger partial charge in [0, 0.05) is 4.91 Å². The van der Waals surface area contributed by atoms with Crippen molar-refractivity contribution in [3.63, 3.8) is 0 Å². The van der Waals surface area contributed by atoms with E-state index in [1.54, 1.807) is 26.8 Å². The molecule has 0 N–H and O–H groups in total. The number of ether oxygens (including phenoxy) is 1. The third kappa shape index (κ3) is 4.16. The molecule has 1 heterocycles. The summed E-state index contributed by atoms with van der Waals surface area (Å²) in [6, 6.07) is 3.48. The molecular weight excluding hydrogens is 441 g/mol. The number of alkyl halides is 1. The lowest BCUT2D eigenvalue weighted by atomic mass is 9.43. The molecule has 1 aromatic carbocycles. The number of halogens is 1. The zero-order valence-electron chi connectivity index (χ0n) is 20.5. The molecule has 3 unspecified atom stereocenters.